The monoisotopic (exact) mass is 267 g/mol. The number of hydrogen-bond acceptors (Lipinski definition) is 3. The minimum Gasteiger partial charge on any atom is -0.468 e. The van der Waals surface area contributed by atoms with E-state index in [1.54, 1.807) is 0 Å². The van der Waals surface area contributed by atoms with Gasteiger partial charge in [-0.2, -0.15) is 0 Å². The van der Waals surface area contributed by atoms with Crippen molar-refractivity contribution in [1.29, 1.82) is 0 Å². The minimum absolute atomic E-state index is 0. The third-order valence-corrected chi connectivity index (χ3v) is 3.97. The third kappa shape index (κ3) is 2.47. The van der Waals surface area contributed by atoms with Crippen LogP contribution in [0.4, 0.5) is 0 Å². The molecule has 1 atom stereocenters. The molecule has 1 spiro atoms. The fourth-order valence-corrected chi connectivity index (χ4v) is 2.75. The molecule has 2 rings (SSSR count). The van der Waals surface area contributed by atoms with Crippen LogP contribution in [0.25, 0.3) is 0 Å². The van der Waals surface area contributed by atoms with E-state index >= 15 is 0 Å². The summed E-state index contributed by atoms with van der Waals surface area (Å²) in [4.78, 5) is 11.8. The molecule has 1 saturated carbocycles. The molecule has 0 radical (unpaired) electrons. The van der Waals surface area contributed by atoms with Gasteiger partial charge in [0, 0.05) is 11.4 Å². The van der Waals surface area contributed by atoms with Gasteiger partial charge in [-0.1, -0.05) is 0 Å². The van der Waals surface area contributed by atoms with Gasteiger partial charge < -0.3 is 4.74 Å². The summed E-state index contributed by atoms with van der Waals surface area (Å²) in [6, 6.07) is 0. The van der Waals surface area contributed by atoms with Crippen molar-refractivity contribution in [3.8, 4) is 0 Å². The van der Waals surface area contributed by atoms with Gasteiger partial charge in [0.25, 0.3) is 0 Å². The van der Waals surface area contributed by atoms with Crippen molar-refractivity contribution in [2.24, 2.45) is 0 Å². The summed E-state index contributed by atoms with van der Waals surface area (Å²) in [5.74, 6) is 0.490. The average molecular weight is 268 g/mol. The van der Waals surface area contributed by atoms with Crippen molar-refractivity contribution in [2.45, 2.75) is 49.6 Å². The number of rotatable bonds is 4. The Morgan fingerprint density at radius 3 is 2.44 bits per heavy atom. The Kier molecular flexibility index (Phi) is 4.49. The van der Waals surface area contributed by atoms with Gasteiger partial charge in [0.1, 0.15) is 5.54 Å². The van der Waals surface area contributed by atoms with E-state index in [0.29, 0.717) is 5.88 Å². The zero-order valence-electron chi connectivity index (χ0n) is 9.55. The van der Waals surface area contributed by atoms with E-state index in [1.165, 1.54) is 20.0 Å². The maximum atomic E-state index is 11.8. The summed E-state index contributed by atoms with van der Waals surface area (Å²) >= 11 is 5.70. The Hall–Kier alpha value is 0.01000. The molecular weight excluding hydrogens is 249 g/mol. The zero-order valence-corrected chi connectivity index (χ0v) is 11.1. The summed E-state index contributed by atoms with van der Waals surface area (Å²) in [6.07, 6.45) is 6.06. The van der Waals surface area contributed by atoms with Crippen LogP contribution in [-0.4, -0.2) is 30.0 Å². The van der Waals surface area contributed by atoms with Crippen LogP contribution in [0, 0.1) is 0 Å². The second kappa shape index (κ2) is 5.11. The maximum Gasteiger partial charge on any atom is 0.326 e. The molecular formula is C11H19Cl2NO2. The van der Waals surface area contributed by atoms with E-state index < -0.39 is 5.54 Å². The Labute approximate surface area is 108 Å². The van der Waals surface area contributed by atoms with Gasteiger partial charge in [-0.05, 0) is 38.5 Å². The summed E-state index contributed by atoms with van der Waals surface area (Å²) in [5, 5.41) is 3.51. The summed E-state index contributed by atoms with van der Waals surface area (Å²) in [6.45, 7) is 0. The number of carbonyl (C=O) groups excluding carboxylic acids is 1. The molecule has 0 aromatic carbocycles. The number of alkyl halides is 1. The number of carbonyl (C=O) groups is 1. The van der Waals surface area contributed by atoms with Crippen molar-refractivity contribution in [2.75, 3.05) is 13.0 Å². The second-order valence-corrected chi connectivity index (χ2v) is 5.15. The Morgan fingerprint density at radius 2 is 2.00 bits per heavy atom. The first-order valence-electron chi connectivity index (χ1n) is 5.60. The van der Waals surface area contributed by atoms with Crippen LogP contribution in [0.15, 0.2) is 0 Å². The first-order valence-corrected chi connectivity index (χ1v) is 6.14. The lowest BCUT2D eigenvalue weighted by Gasteiger charge is -2.27. The molecule has 2 aliphatic rings. The topological polar surface area (TPSA) is 38.3 Å². The Balaban J connectivity index is 0.00000128. The first-order chi connectivity index (χ1) is 7.16. The van der Waals surface area contributed by atoms with E-state index in [9.17, 15) is 4.79 Å². The number of halogens is 2. The molecule has 0 amide bonds. The van der Waals surface area contributed by atoms with Gasteiger partial charge >= 0.3 is 5.97 Å². The van der Waals surface area contributed by atoms with Crippen molar-refractivity contribution in [3.63, 3.8) is 0 Å². The summed E-state index contributed by atoms with van der Waals surface area (Å²) < 4.78 is 4.91. The van der Waals surface area contributed by atoms with E-state index in [1.807, 2.05) is 0 Å². The van der Waals surface area contributed by atoms with Crippen molar-refractivity contribution in [3.05, 3.63) is 0 Å². The van der Waals surface area contributed by atoms with Gasteiger partial charge in [0.15, 0.2) is 0 Å². The van der Waals surface area contributed by atoms with Crippen molar-refractivity contribution in [1.82, 2.24) is 5.32 Å². The highest BCUT2D eigenvalue weighted by Gasteiger charge is 2.57. The molecule has 16 heavy (non-hydrogen) atoms. The molecule has 0 aromatic heterocycles. The standard InChI is InChI=1S/C11H18ClNO2.ClH/c1-15-9(14)11(3-2-8-12)7-6-10(13-11)4-5-10;/h13H,2-8H2,1H3;1H. The third-order valence-electron chi connectivity index (χ3n) is 3.70. The van der Waals surface area contributed by atoms with Crippen LogP contribution in [-0.2, 0) is 9.53 Å². The predicted molar refractivity (Wildman–Crippen MR) is 66.3 cm³/mol. The lowest BCUT2D eigenvalue weighted by molar-refractivity contribution is -0.148. The highest BCUT2D eigenvalue weighted by Crippen LogP contribution is 2.49. The second-order valence-electron chi connectivity index (χ2n) is 4.77. The van der Waals surface area contributed by atoms with Crippen molar-refractivity contribution < 1.29 is 9.53 Å². The largest absolute Gasteiger partial charge is 0.468 e. The quantitative estimate of drug-likeness (QED) is 0.627. The first kappa shape index (κ1) is 14.1. The van der Waals surface area contributed by atoms with Crippen LogP contribution in [0.3, 0.4) is 0 Å². The minimum atomic E-state index is -0.444. The average Bonchev–Trinajstić information content (AvgIpc) is 2.89. The van der Waals surface area contributed by atoms with Gasteiger partial charge in [-0.15, -0.1) is 24.0 Å². The fraction of sp³-hybridized carbons (Fsp3) is 0.909. The predicted octanol–water partition coefficient (Wildman–Crippen LogP) is 2.26. The number of hydrogen-bond donors (Lipinski definition) is 1. The fourth-order valence-electron chi connectivity index (χ4n) is 2.62. The number of nitrogens with one attached hydrogen (secondary N) is 1. The molecule has 1 aliphatic heterocycles. The molecule has 94 valence electrons. The molecule has 1 N–H and O–H groups in total. The van der Waals surface area contributed by atoms with E-state index in [2.05, 4.69) is 5.32 Å². The molecule has 1 aliphatic carbocycles. The van der Waals surface area contributed by atoms with Crippen LogP contribution < -0.4 is 5.32 Å². The van der Waals surface area contributed by atoms with Gasteiger partial charge in [0.2, 0.25) is 0 Å². The lowest BCUT2D eigenvalue weighted by atomic mass is 9.92. The number of methoxy groups -OCH3 is 1. The van der Waals surface area contributed by atoms with E-state index in [0.717, 1.165) is 25.7 Å². The number of ether oxygens (including phenoxy) is 1. The van der Waals surface area contributed by atoms with Crippen molar-refractivity contribution >= 4 is 30.0 Å². The molecule has 0 bridgehead atoms. The molecule has 1 saturated heterocycles. The van der Waals surface area contributed by atoms with Crippen LogP contribution >= 0.6 is 24.0 Å². The summed E-state index contributed by atoms with van der Waals surface area (Å²) in [7, 11) is 1.46. The molecule has 5 heteroatoms. The Bertz CT molecular complexity index is 269. The lowest BCUT2D eigenvalue weighted by Crippen LogP contribution is -2.51. The smallest absolute Gasteiger partial charge is 0.326 e. The van der Waals surface area contributed by atoms with Gasteiger partial charge in [0.05, 0.1) is 7.11 Å². The van der Waals surface area contributed by atoms with Gasteiger partial charge in [-0.3, -0.25) is 10.1 Å². The van der Waals surface area contributed by atoms with Crippen LogP contribution in [0.1, 0.15) is 38.5 Å². The molecule has 1 unspecified atom stereocenters. The maximum absolute atomic E-state index is 11.8. The van der Waals surface area contributed by atoms with E-state index in [-0.39, 0.29) is 23.9 Å². The van der Waals surface area contributed by atoms with E-state index in [4.69, 9.17) is 16.3 Å². The normalized spacial score (nSPS) is 29.9. The highest BCUT2D eigenvalue weighted by atomic mass is 35.5. The zero-order chi connectivity index (χ0) is 10.9. The molecule has 3 nitrogen and oxygen atoms in total. The highest BCUT2D eigenvalue weighted by molar-refractivity contribution is 6.17. The SMILES string of the molecule is COC(=O)C1(CCCCl)CCC2(CC2)N1.Cl. The van der Waals surface area contributed by atoms with Crippen LogP contribution in [0.5, 0.6) is 0 Å². The molecule has 0 aromatic rings. The van der Waals surface area contributed by atoms with Gasteiger partial charge in [-0.25, -0.2) is 0 Å². The molecule has 1 heterocycles. The Morgan fingerprint density at radius 1 is 1.38 bits per heavy atom. The van der Waals surface area contributed by atoms with Crippen LogP contribution in [0.2, 0.25) is 0 Å². The summed E-state index contributed by atoms with van der Waals surface area (Å²) in [5.41, 5.74) is -0.180. The number of esters is 1. The molecule has 2 fully saturated rings.